The molecule has 0 aliphatic carbocycles. The zero-order valence-electron chi connectivity index (χ0n) is 14.9. The summed E-state index contributed by atoms with van der Waals surface area (Å²) in [7, 11) is 0. The predicted molar refractivity (Wildman–Crippen MR) is 101 cm³/mol. The van der Waals surface area contributed by atoms with Crippen LogP contribution in [0.2, 0.25) is 0 Å². The second kappa shape index (κ2) is 6.29. The lowest BCUT2D eigenvalue weighted by atomic mass is 10.3. The largest absolute Gasteiger partial charge is 0.354 e. The number of halogens is 1. The fraction of sp³-hybridized carbons (Fsp3) is 0.263. The van der Waals surface area contributed by atoms with Crippen LogP contribution in [0.5, 0.6) is 0 Å². The lowest BCUT2D eigenvalue weighted by Gasteiger charge is -2.16. The summed E-state index contributed by atoms with van der Waals surface area (Å²) in [5.41, 5.74) is 1.59. The molecule has 5 rings (SSSR count). The standard InChI is InChI=1S/C19H17FN6O2/c20-12-6-7-24(9-12)16-5-4-13(8-21-16)26-10-14-15(23-26)11-25(19(14)28)17-2-1-3-18(27)22-17/h1-5,8,10,12H,6-7,9,11H2,(H,22,27)/t12-/m0/s1. The van der Waals surface area contributed by atoms with Crippen molar-refractivity contribution in [3.8, 4) is 5.69 Å². The molecule has 1 atom stereocenters. The first-order chi connectivity index (χ1) is 13.6. The number of nitrogens with one attached hydrogen (secondary N) is 1. The first-order valence-corrected chi connectivity index (χ1v) is 9.04. The van der Waals surface area contributed by atoms with Crippen molar-refractivity contribution in [1.29, 1.82) is 0 Å². The number of carbonyl (C=O) groups excluding carboxylic acids is 1. The number of hydrogen-bond acceptors (Lipinski definition) is 5. The lowest BCUT2D eigenvalue weighted by molar-refractivity contribution is 0.0995. The van der Waals surface area contributed by atoms with Crippen molar-refractivity contribution in [1.82, 2.24) is 19.7 Å². The van der Waals surface area contributed by atoms with Gasteiger partial charge in [-0.3, -0.25) is 14.5 Å². The van der Waals surface area contributed by atoms with Crippen molar-refractivity contribution in [2.24, 2.45) is 0 Å². The third kappa shape index (κ3) is 2.75. The maximum absolute atomic E-state index is 13.4. The zero-order chi connectivity index (χ0) is 19.3. The summed E-state index contributed by atoms with van der Waals surface area (Å²) in [5.74, 6) is 0.975. The zero-order valence-corrected chi connectivity index (χ0v) is 14.9. The van der Waals surface area contributed by atoms with Gasteiger partial charge in [0.15, 0.2) is 0 Å². The van der Waals surface area contributed by atoms with Gasteiger partial charge in [-0.05, 0) is 24.6 Å². The minimum Gasteiger partial charge on any atom is -0.354 e. The first kappa shape index (κ1) is 16.7. The molecule has 9 heteroatoms. The molecule has 0 spiro atoms. The van der Waals surface area contributed by atoms with Gasteiger partial charge in [0.1, 0.15) is 17.8 Å². The SMILES string of the molecule is O=C1c2cn(-c3ccc(N4CC[C@H](F)C4)nc3)nc2CN1c1cccc(=O)[nH]1. The van der Waals surface area contributed by atoms with Gasteiger partial charge in [-0.2, -0.15) is 5.10 Å². The molecule has 1 fully saturated rings. The van der Waals surface area contributed by atoms with E-state index < -0.39 is 6.17 Å². The molecule has 5 heterocycles. The van der Waals surface area contributed by atoms with Crippen LogP contribution in [0.25, 0.3) is 5.69 Å². The van der Waals surface area contributed by atoms with Gasteiger partial charge in [0, 0.05) is 18.8 Å². The molecule has 0 saturated carbocycles. The molecule has 1 amide bonds. The molecule has 2 aliphatic heterocycles. The van der Waals surface area contributed by atoms with Gasteiger partial charge in [0.05, 0.1) is 36.2 Å². The van der Waals surface area contributed by atoms with Crippen LogP contribution in [0.1, 0.15) is 22.5 Å². The average molecular weight is 380 g/mol. The van der Waals surface area contributed by atoms with E-state index in [-0.39, 0.29) is 18.0 Å². The van der Waals surface area contributed by atoms with Crippen molar-refractivity contribution in [3.05, 3.63) is 64.3 Å². The molecule has 2 aliphatic rings. The first-order valence-electron chi connectivity index (χ1n) is 9.04. The van der Waals surface area contributed by atoms with Gasteiger partial charge >= 0.3 is 0 Å². The molecule has 1 N–H and O–H groups in total. The van der Waals surface area contributed by atoms with Crippen molar-refractivity contribution in [2.75, 3.05) is 22.9 Å². The third-order valence-electron chi connectivity index (χ3n) is 5.07. The number of nitrogens with zero attached hydrogens (tertiary/aromatic N) is 5. The fourth-order valence-electron chi connectivity index (χ4n) is 3.62. The van der Waals surface area contributed by atoms with Crippen LogP contribution in [-0.4, -0.2) is 44.9 Å². The number of fused-ring (bicyclic) bond motifs is 1. The minimum atomic E-state index is -0.802. The summed E-state index contributed by atoms with van der Waals surface area (Å²) in [4.78, 5) is 34.7. The molecule has 0 aromatic carbocycles. The Labute approximate surface area is 159 Å². The number of aromatic nitrogens is 4. The van der Waals surface area contributed by atoms with Gasteiger partial charge in [-0.25, -0.2) is 14.1 Å². The van der Waals surface area contributed by atoms with E-state index in [1.807, 2.05) is 17.0 Å². The molecule has 1 saturated heterocycles. The highest BCUT2D eigenvalue weighted by Crippen LogP contribution is 2.27. The van der Waals surface area contributed by atoms with E-state index in [1.54, 1.807) is 29.2 Å². The Morgan fingerprint density at radius 1 is 1.18 bits per heavy atom. The van der Waals surface area contributed by atoms with Gasteiger partial charge in [0.2, 0.25) is 5.56 Å². The number of anilines is 2. The Kier molecular flexibility index (Phi) is 3.75. The van der Waals surface area contributed by atoms with E-state index in [9.17, 15) is 14.0 Å². The quantitative estimate of drug-likeness (QED) is 0.747. The van der Waals surface area contributed by atoms with Gasteiger partial charge in [0.25, 0.3) is 5.91 Å². The van der Waals surface area contributed by atoms with Gasteiger partial charge in [-0.15, -0.1) is 0 Å². The molecule has 28 heavy (non-hydrogen) atoms. The van der Waals surface area contributed by atoms with Crippen LogP contribution in [0, 0.1) is 0 Å². The topological polar surface area (TPSA) is 87.1 Å². The molecule has 0 bridgehead atoms. The van der Waals surface area contributed by atoms with Crippen molar-refractivity contribution in [2.45, 2.75) is 19.1 Å². The van der Waals surface area contributed by atoms with Crippen LogP contribution in [0.15, 0.2) is 47.5 Å². The molecule has 3 aromatic heterocycles. The smallest absolute Gasteiger partial charge is 0.263 e. The Morgan fingerprint density at radius 3 is 2.75 bits per heavy atom. The average Bonchev–Trinajstić information content (AvgIpc) is 3.38. The molecule has 3 aromatic rings. The minimum absolute atomic E-state index is 0.210. The predicted octanol–water partition coefficient (Wildman–Crippen LogP) is 1.66. The molecule has 0 unspecified atom stereocenters. The lowest BCUT2D eigenvalue weighted by Crippen LogP contribution is -2.26. The summed E-state index contributed by atoms with van der Waals surface area (Å²) in [6, 6.07) is 8.38. The number of carbonyl (C=O) groups is 1. The number of hydrogen-bond donors (Lipinski definition) is 1. The molecular weight excluding hydrogens is 363 g/mol. The molecule has 8 nitrogen and oxygen atoms in total. The molecular formula is C19H17FN6O2. The number of amides is 1. The normalized spacial score (nSPS) is 18.8. The Morgan fingerprint density at radius 2 is 2.07 bits per heavy atom. The molecule has 142 valence electrons. The number of rotatable bonds is 3. The van der Waals surface area contributed by atoms with Crippen LogP contribution >= 0.6 is 0 Å². The van der Waals surface area contributed by atoms with Crippen molar-refractivity contribution >= 4 is 17.5 Å². The van der Waals surface area contributed by atoms with E-state index in [2.05, 4.69) is 15.1 Å². The third-order valence-corrected chi connectivity index (χ3v) is 5.07. The molecule has 0 radical (unpaired) electrons. The second-order valence-electron chi connectivity index (χ2n) is 6.93. The van der Waals surface area contributed by atoms with Crippen molar-refractivity contribution in [3.63, 3.8) is 0 Å². The van der Waals surface area contributed by atoms with Gasteiger partial charge < -0.3 is 9.88 Å². The van der Waals surface area contributed by atoms with E-state index in [1.165, 1.54) is 11.0 Å². The highest BCUT2D eigenvalue weighted by Gasteiger charge is 2.32. The highest BCUT2D eigenvalue weighted by atomic mass is 19.1. The number of H-pyrrole nitrogens is 1. The van der Waals surface area contributed by atoms with Gasteiger partial charge in [-0.1, -0.05) is 6.07 Å². The number of alkyl halides is 1. The number of aromatic amines is 1. The van der Waals surface area contributed by atoms with E-state index >= 15 is 0 Å². The number of pyridine rings is 2. The summed E-state index contributed by atoms with van der Waals surface area (Å²) in [5, 5.41) is 4.50. The van der Waals surface area contributed by atoms with Crippen LogP contribution in [0.4, 0.5) is 16.0 Å². The second-order valence-corrected chi connectivity index (χ2v) is 6.93. The van der Waals surface area contributed by atoms with Crippen molar-refractivity contribution < 1.29 is 9.18 Å². The van der Waals surface area contributed by atoms with Crippen LogP contribution in [0.3, 0.4) is 0 Å². The monoisotopic (exact) mass is 380 g/mol. The summed E-state index contributed by atoms with van der Waals surface area (Å²) in [6.45, 7) is 1.32. The maximum Gasteiger partial charge on any atom is 0.263 e. The van der Waals surface area contributed by atoms with Crippen LogP contribution in [-0.2, 0) is 6.54 Å². The van der Waals surface area contributed by atoms with E-state index in [4.69, 9.17) is 0 Å². The summed E-state index contributed by atoms with van der Waals surface area (Å²) >= 11 is 0. The Bertz CT molecular complexity index is 1110. The maximum atomic E-state index is 13.4. The van der Waals surface area contributed by atoms with Crippen LogP contribution < -0.4 is 15.4 Å². The fourth-order valence-corrected chi connectivity index (χ4v) is 3.62. The Balaban J connectivity index is 1.38. The highest BCUT2D eigenvalue weighted by molar-refractivity contribution is 6.09. The summed E-state index contributed by atoms with van der Waals surface area (Å²) in [6.07, 6.45) is 3.06. The van der Waals surface area contributed by atoms with E-state index in [0.717, 1.165) is 11.5 Å². The Hall–Kier alpha value is -3.49. The van der Waals surface area contributed by atoms with E-state index in [0.29, 0.717) is 36.6 Å². The summed E-state index contributed by atoms with van der Waals surface area (Å²) < 4.78 is 15.0.